The van der Waals surface area contributed by atoms with Crippen molar-refractivity contribution in [2.24, 2.45) is 0 Å². The number of nitrogens with zero attached hydrogens (tertiary/aromatic N) is 2. The Bertz CT molecular complexity index is 1150. The average molecular weight is 411 g/mol. The van der Waals surface area contributed by atoms with Gasteiger partial charge in [-0.3, -0.25) is 9.59 Å². The summed E-state index contributed by atoms with van der Waals surface area (Å²) in [6.07, 6.45) is 2.38. The summed E-state index contributed by atoms with van der Waals surface area (Å²) in [5.74, 6) is -0.894. The van der Waals surface area contributed by atoms with Crippen molar-refractivity contribution in [3.8, 4) is 0 Å². The topological polar surface area (TPSA) is 86.8 Å². The van der Waals surface area contributed by atoms with Gasteiger partial charge in [0.2, 0.25) is 0 Å². The predicted molar refractivity (Wildman–Crippen MR) is 109 cm³/mol. The van der Waals surface area contributed by atoms with E-state index in [1.54, 1.807) is 0 Å². The van der Waals surface area contributed by atoms with Crippen LogP contribution >= 0.6 is 0 Å². The highest BCUT2D eigenvalue weighted by Crippen LogP contribution is 2.39. The van der Waals surface area contributed by atoms with Gasteiger partial charge in [0.05, 0.1) is 5.56 Å². The third-order valence-electron chi connectivity index (χ3n) is 5.81. The Morgan fingerprint density at radius 1 is 1.17 bits per heavy atom. The van der Waals surface area contributed by atoms with Crippen LogP contribution in [0.2, 0.25) is 0 Å². The maximum absolute atomic E-state index is 12.8. The number of benzene rings is 2. The van der Waals surface area contributed by atoms with E-state index in [9.17, 15) is 18.0 Å². The number of hydrogen-bond donors (Lipinski definition) is 1. The lowest BCUT2D eigenvalue weighted by Crippen LogP contribution is -2.31. The quantitative estimate of drug-likeness (QED) is 0.836. The molecule has 0 aromatic heterocycles. The maximum atomic E-state index is 12.8. The van der Waals surface area contributed by atoms with Crippen LogP contribution in [0, 0.1) is 0 Å². The van der Waals surface area contributed by atoms with Gasteiger partial charge in [-0.15, -0.1) is 0 Å². The van der Waals surface area contributed by atoms with Crippen molar-refractivity contribution in [3.63, 3.8) is 0 Å². The Labute approximate surface area is 169 Å². The van der Waals surface area contributed by atoms with E-state index in [1.807, 2.05) is 18.2 Å². The number of carbonyl (C=O) groups excluding carboxylic acids is 2. The van der Waals surface area contributed by atoms with Crippen molar-refractivity contribution in [2.45, 2.75) is 37.1 Å². The van der Waals surface area contributed by atoms with Crippen LogP contribution < -0.4 is 10.2 Å². The molecule has 150 valence electrons. The van der Waals surface area contributed by atoms with Crippen molar-refractivity contribution in [1.82, 2.24) is 4.31 Å². The second kappa shape index (κ2) is 6.32. The Morgan fingerprint density at radius 2 is 1.97 bits per heavy atom. The molecule has 0 saturated heterocycles. The molecule has 0 radical (unpaired) electrons. The van der Waals surface area contributed by atoms with Gasteiger partial charge in [0, 0.05) is 36.1 Å². The van der Waals surface area contributed by atoms with Crippen LogP contribution in [-0.4, -0.2) is 43.7 Å². The zero-order valence-corrected chi connectivity index (χ0v) is 16.8. The zero-order valence-electron chi connectivity index (χ0n) is 16.0. The van der Waals surface area contributed by atoms with Crippen molar-refractivity contribution in [2.75, 3.05) is 23.3 Å². The fourth-order valence-corrected chi connectivity index (χ4v) is 5.95. The van der Waals surface area contributed by atoms with E-state index in [0.29, 0.717) is 18.5 Å². The van der Waals surface area contributed by atoms with Crippen LogP contribution in [0.5, 0.6) is 0 Å². The van der Waals surface area contributed by atoms with Gasteiger partial charge >= 0.3 is 0 Å². The van der Waals surface area contributed by atoms with Crippen LogP contribution in [0.3, 0.4) is 0 Å². The van der Waals surface area contributed by atoms with Gasteiger partial charge in [-0.1, -0.05) is 6.07 Å². The predicted octanol–water partition coefficient (Wildman–Crippen LogP) is 2.63. The number of anilines is 2. The average Bonchev–Trinajstić information content (AvgIpc) is 3.41. The minimum Gasteiger partial charge on any atom is -0.371 e. The molecule has 2 amide bonds. The summed E-state index contributed by atoms with van der Waals surface area (Å²) in [6, 6.07) is 9.83. The first-order chi connectivity index (χ1) is 13.9. The highest BCUT2D eigenvalue weighted by Gasteiger charge is 2.48. The molecule has 2 aromatic carbocycles. The lowest BCUT2D eigenvalue weighted by atomic mass is 10.1. The summed E-state index contributed by atoms with van der Waals surface area (Å²) in [7, 11) is -3.88. The molecule has 29 heavy (non-hydrogen) atoms. The highest BCUT2D eigenvalue weighted by molar-refractivity contribution is 7.90. The van der Waals surface area contributed by atoms with Crippen LogP contribution in [0.15, 0.2) is 41.3 Å². The Kier molecular flexibility index (Phi) is 3.96. The molecule has 7 nitrogen and oxygen atoms in total. The van der Waals surface area contributed by atoms with E-state index in [1.165, 1.54) is 23.8 Å². The van der Waals surface area contributed by atoms with E-state index in [4.69, 9.17) is 0 Å². The van der Waals surface area contributed by atoms with Crippen LogP contribution in [0.4, 0.5) is 11.4 Å². The van der Waals surface area contributed by atoms with Gasteiger partial charge in [-0.2, -0.15) is 0 Å². The number of likely N-dealkylation sites (N-methyl/N-ethyl adjacent to an activating group) is 1. The number of sulfonamides is 1. The van der Waals surface area contributed by atoms with Crippen LogP contribution in [-0.2, 0) is 16.4 Å². The molecule has 1 aliphatic carbocycles. The lowest BCUT2D eigenvalue weighted by molar-refractivity contribution is 0.0864. The molecule has 5 rings (SSSR count). The first-order valence-corrected chi connectivity index (χ1v) is 11.3. The number of hydrogen-bond acceptors (Lipinski definition) is 5. The summed E-state index contributed by atoms with van der Waals surface area (Å²) < 4.78 is 26.5. The van der Waals surface area contributed by atoms with Gasteiger partial charge in [0.15, 0.2) is 0 Å². The summed E-state index contributed by atoms with van der Waals surface area (Å²) in [5, 5.41) is 2.85. The monoisotopic (exact) mass is 411 g/mol. The van der Waals surface area contributed by atoms with E-state index < -0.39 is 21.8 Å². The molecule has 0 spiro atoms. The molecule has 0 unspecified atom stereocenters. The molecule has 1 fully saturated rings. The summed E-state index contributed by atoms with van der Waals surface area (Å²) >= 11 is 0. The van der Waals surface area contributed by atoms with Gasteiger partial charge in [-0.25, -0.2) is 12.7 Å². The fraction of sp³-hybridized carbons (Fsp3) is 0.333. The molecule has 8 heteroatoms. The van der Waals surface area contributed by atoms with Crippen molar-refractivity contribution < 1.29 is 18.0 Å². The van der Waals surface area contributed by atoms with E-state index in [0.717, 1.165) is 29.5 Å². The summed E-state index contributed by atoms with van der Waals surface area (Å²) in [6.45, 7) is 3.97. The third-order valence-corrected chi connectivity index (χ3v) is 7.68. The molecular formula is C21H21N3O4S. The molecule has 3 aliphatic rings. The lowest BCUT2D eigenvalue weighted by Gasteiger charge is -2.17. The van der Waals surface area contributed by atoms with E-state index >= 15 is 0 Å². The number of amides is 2. The minimum absolute atomic E-state index is 0.0758. The standard InChI is InChI=1S/C21H21N3O4S/c1-2-23-10-9-13-3-5-15(12-18(13)23)22-20(25)14-4-8-17-19(11-14)29(27,28)24(21(17)26)16-6-7-16/h3-5,8,11-12,16H,2,6-7,9-10H2,1H3,(H,22,25). The van der Waals surface area contributed by atoms with Gasteiger partial charge in [-0.05, 0) is 62.1 Å². The Morgan fingerprint density at radius 3 is 2.69 bits per heavy atom. The van der Waals surface area contributed by atoms with E-state index in [-0.39, 0.29) is 22.1 Å². The molecule has 0 bridgehead atoms. The van der Waals surface area contributed by atoms with Gasteiger partial charge < -0.3 is 10.2 Å². The van der Waals surface area contributed by atoms with Crippen molar-refractivity contribution in [3.05, 3.63) is 53.1 Å². The smallest absolute Gasteiger partial charge is 0.269 e. The number of carbonyl (C=O) groups is 2. The molecule has 0 atom stereocenters. The summed E-state index contributed by atoms with van der Waals surface area (Å²) in [5.41, 5.74) is 3.39. The van der Waals surface area contributed by atoms with Gasteiger partial charge in [0.1, 0.15) is 4.90 Å². The third kappa shape index (κ3) is 2.81. The molecule has 2 aliphatic heterocycles. The second-order valence-corrected chi connectivity index (χ2v) is 9.46. The minimum atomic E-state index is -3.88. The number of fused-ring (bicyclic) bond motifs is 2. The summed E-state index contributed by atoms with van der Waals surface area (Å²) in [4.78, 5) is 27.4. The zero-order chi connectivity index (χ0) is 20.3. The Balaban J connectivity index is 1.43. The van der Waals surface area contributed by atoms with Crippen molar-refractivity contribution >= 4 is 33.2 Å². The maximum Gasteiger partial charge on any atom is 0.269 e. The fourth-order valence-electron chi connectivity index (χ4n) is 4.11. The first-order valence-electron chi connectivity index (χ1n) is 9.82. The molecule has 2 aromatic rings. The van der Waals surface area contributed by atoms with Crippen molar-refractivity contribution in [1.29, 1.82) is 0 Å². The van der Waals surface area contributed by atoms with Crippen LogP contribution in [0.1, 0.15) is 46.0 Å². The molecule has 1 N–H and O–H groups in total. The SMILES string of the molecule is CCN1CCc2ccc(NC(=O)c3ccc4c(c3)S(=O)(=O)N(C3CC3)C4=O)cc21. The molecule has 1 saturated carbocycles. The molecule has 2 heterocycles. The second-order valence-electron chi connectivity index (χ2n) is 7.68. The normalized spacial score (nSPS) is 19.3. The van der Waals surface area contributed by atoms with E-state index in [2.05, 4.69) is 17.1 Å². The number of nitrogens with one attached hydrogen (secondary N) is 1. The Hall–Kier alpha value is -2.87. The largest absolute Gasteiger partial charge is 0.371 e. The molecular weight excluding hydrogens is 390 g/mol. The number of rotatable bonds is 4. The van der Waals surface area contributed by atoms with Gasteiger partial charge in [0.25, 0.3) is 21.8 Å². The first kappa shape index (κ1) is 18.2. The highest BCUT2D eigenvalue weighted by atomic mass is 32.2. The van der Waals surface area contributed by atoms with Crippen LogP contribution in [0.25, 0.3) is 0 Å².